The Morgan fingerprint density at radius 3 is 1.64 bits per heavy atom. The molecule has 7 fully saturated rings. The number of hydrogen-bond acceptors (Lipinski definition) is 11. The lowest BCUT2D eigenvalue weighted by Gasteiger charge is -2.50. The first-order valence-corrected chi connectivity index (χ1v) is 25.3. The lowest BCUT2D eigenvalue weighted by atomic mass is 9.71. The van der Waals surface area contributed by atoms with E-state index in [1.807, 2.05) is 0 Å². The van der Waals surface area contributed by atoms with Crippen LogP contribution in [0.5, 0.6) is 23.0 Å². The molecule has 4 bridgehead atoms. The van der Waals surface area contributed by atoms with Crippen LogP contribution in [0.1, 0.15) is 44.9 Å². The number of nitrogens with one attached hydrogen (secondary N) is 2. The van der Waals surface area contributed by atoms with Crippen LogP contribution in [-0.4, -0.2) is 122 Å². The molecular formula is C51H54Cl4F7N3O10. The second kappa shape index (κ2) is 28.0. The van der Waals surface area contributed by atoms with Gasteiger partial charge in [-0.3, -0.25) is 14.5 Å². The Kier molecular flexibility index (Phi) is 22.2. The number of ketones is 1. The van der Waals surface area contributed by atoms with Crippen molar-refractivity contribution in [1.29, 1.82) is 0 Å². The lowest BCUT2D eigenvalue weighted by Crippen LogP contribution is -2.60. The number of carbonyl (C=O) groups excluding carboxylic acids is 2. The molecule has 410 valence electrons. The maximum absolute atomic E-state index is 13.5. The summed E-state index contributed by atoms with van der Waals surface area (Å²) in [6.45, 7) is 3.26. The van der Waals surface area contributed by atoms with Crippen LogP contribution in [-0.2, 0) is 19.1 Å². The fraction of sp³-hybridized carbons (Fsp3) is 0.471. The molecule has 0 radical (unpaired) electrons. The van der Waals surface area contributed by atoms with Crippen LogP contribution >= 0.6 is 46.4 Å². The highest BCUT2D eigenvalue weighted by Gasteiger charge is 2.42. The van der Waals surface area contributed by atoms with Crippen molar-refractivity contribution in [3.05, 3.63) is 116 Å². The standard InChI is InChI=1S/C24H26Cl2F2N2O4.C16H19ClFNO2.C9H8ClFO2.C2HF3O2/c25-19-5-3-17(8-21(19)27)33-12-16(31)11-30-10-14-1-2-15(30)7-23(14)29-24(32)13-34-18-4-6-20(26)22(28)9-18;17-15-4-3-14(7-16(15)18)21-9-13(20)6-11-5-12-2-1-10(11)8-19-12;10-8-2-1-6(3-9(8)11)12-4-7-5-13-7;3-2(4,5)1(6)7/h3-6,8-9,14-16,23,31H,1-2,7,10-13H2,(H,29,32);3-4,7,10-12,19H,1-2,5-6,8-9H2;1-3,7H,4-5H2;(H,6,7). The average Bonchev–Trinajstić information content (AvgIpc) is 4.21. The molecule has 2 aliphatic carbocycles. The summed E-state index contributed by atoms with van der Waals surface area (Å²) in [7, 11) is 0. The van der Waals surface area contributed by atoms with Crippen LogP contribution < -0.4 is 29.6 Å². The van der Waals surface area contributed by atoms with Crippen molar-refractivity contribution in [1.82, 2.24) is 15.5 Å². The molecule has 8 unspecified atom stereocenters. The number of alkyl halides is 3. The number of aliphatic hydroxyl groups excluding tert-OH is 1. The van der Waals surface area contributed by atoms with E-state index in [9.17, 15) is 45.4 Å². The monoisotopic (exact) mass is 1140 g/mol. The van der Waals surface area contributed by atoms with Crippen molar-refractivity contribution in [2.45, 2.75) is 81.5 Å². The summed E-state index contributed by atoms with van der Waals surface area (Å²) in [6.07, 6.45) is 1.24. The predicted molar refractivity (Wildman–Crippen MR) is 264 cm³/mol. The van der Waals surface area contributed by atoms with Gasteiger partial charge in [0.05, 0.1) is 26.7 Å². The van der Waals surface area contributed by atoms with Gasteiger partial charge in [-0.2, -0.15) is 13.2 Å². The van der Waals surface area contributed by atoms with Gasteiger partial charge in [0.15, 0.2) is 12.4 Å². The van der Waals surface area contributed by atoms with E-state index in [2.05, 4.69) is 15.5 Å². The summed E-state index contributed by atoms with van der Waals surface area (Å²) in [4.78, 5) is 35.5. The number of ether oxygens (including phenoxy) is 5. The highest BCUT2D eigenvalue weighted by Crippen LogP contribution is 2.37. The molecule has 1 amide bonds. The molecule has 2 saturated carbocycles. The van der Waals surface area contributed by atoms with Crippen molar-refractivity contribution in [2.24, 2.45) is 17.8 Å². The number of carbonyl (C=O) groups is 3. The average molecular weight is 1140 g/mol. The van der Waals surface area contributed by atoms with E-state index in [1.54, 1.807) is 18.2 Å². The molecule has 0 aromatic heterocycles. The van der Waals surface area contributed by atoms with Crippen LogP contribution in [0.15, 0.2) is 72.8 Å². The summed E-state index contributed by atoms with van der Waals surface area (Å²) in [5.74, 6) is -2.35. The van der Waals surface area contributed by atoms with Crippen LogP contribution in [0, 0.1) is 41.0 Å². The Morgan fingerprint density at radius 2 is 1.21 bits per heavy atom. The van der Waals surface area contributed by atoms with Crippen molar-refractivity contribution in [2.75, 3.05) is 52.7 Å². The number of benzene rings is 4. The van der Waals surface area contributed by atoms with Crippen molar-refractivity contribution >= 4 is 64.1 Å². The van der Waals surface area contributed by atoms with E-state index in [0.29, 0.717) is 54.7 Å². The van der Waals surface area contributed by atoms with Crippen LogP contribution in [0.25, 0.3) is 0 Å². The normalized spacial score (nSPS) is 22.6. The number of epoxide rings is 1. The number of rotatable bonds is 17. The number of halogens is 11. The third-order valence-corrected chi connectivity index (χ3v) is 14.1. The number of amides is 1. The van der Waals surface area contributed by atoms with Gasteiger partial charge in [0.25, 0.3) is 5.91 Å². The minimum atomic E-state index is -5.08. The van der Waals surface area contributed by atoms with E-state index in [4.69, 9.17) is 80.0 Å². The molecule has 13 nitrogen and oxygen atoms in total. The van der Waals surface area contributed by atoms with Gasteiger partial charge < -0.3 is 44.5 Å². The molecule has 7 aliphatic rings. The Hall–Kier alpha value is -4.80. The van der Waals surface area contributed by atoms with Gasteiger partial charge in [0.2, 0.25) is 0 Å². The number of aliphatic hydroxyl groups is 1. The van der Waals surface area contributed by atoms with Gasteiger partial charge >= 0.3 is 12.1 Å². The number of nitrogens with zero attached hydrogens (tertiary/aromatic N) is 1. The van der Waals surface area contributed by atoms with Gasteiger partial charge in [0.1, 0.15) is 78.3 Å². The fourth-order valence-electron chi connectivity index (χ4n) is 9.01. The van der Waals surface area contributed by atoms with Gasteiger partial charge in [0, 0.05) is 61.9 Å². The van der Waals surface area contributed by atoms with Gasteiger partial charge in [-0.25, -0.2) is 22.4 Å². The second-order valence-corrected chi connectivity index (χ2v) is 20.1. The zero-order valence-electron chi connectivity index (χ0n) is 39.9. The minimum absolute atomic E-state index is 0.00237. The molecular weight excluding hydrogens is 1090 g/mol. The third kappa shape index (κ3) is 19.3. The topological polar surface area (TPSA) is 168 Å². The highest BCUT2D eigenvalue weighted by molar-refractivity contribution is 6.31. The Bertz CT molecular complexity index is 2560. The van der Waals surface area contributed by atoms with Gasteiger partial charge in [-0.05, 0) is 111 Å². The molecule has 75 heavy (non-hydrogen) atoms. The highest BCUT2D eigenvalue weighted by atomic mass is 35.5. The van der Waals surface area contributed by atoms with E-state index in [0.717, 1.165) is 51.4 Å². The summed E-state index contributed by atoms with van der Waals surface area (Å²) in [6, 6.07) is 17.6. The second-order valence-electron chi connectivity index (χ2n) is 18.5. The Labute approximate surface area is 447 Å². The quantitative estimate of drug-likeness (QED) is 0.0584. The molecule has 5 heterocycles. The molecule has 5 saturated heterocycles. The zero-order chi connectivity index (χ0) is 54.4. The maximum atomic E-state index is 13.5. The third-order valence-electron chi connectivity index (χ3n) is 12.9. The molecule has 11 rings (SSSR count). The predicted octanol–water partition coefficient (Wildman–Crippen LogP) is 10.2. The zero-order valence-corrected chi connectivity index (χ0v) is 42.9. The number of carboxylic acids is 1. The molecule has 0 spiro atoms. The largest absolute Gasteiger partial charge is 0.491 e. The van der Waals surface area contributed by atoms with E-state index < -0.39 is 41.5 Å². The molecule has 4 N–H and O–H groups in total. The molecule has 24 heteroatoms. The molecule has 5 aliphatic heterocycles. The first-order valence-electron chi connectivity index (χ1n) is 23.8. The molecule has 4 aromatic carbocycles. The lowest BCUT2D eigenvalue weighted by molar-refractivity contribution is -0.192. The summed E-state index contributed by atoms with van der Waals surface area (Å²) in [5, 5.41) is 24.3. The van der Waals surface area contributed by atoms with Crippen LogP contribution in [0.2, 0.25) is 20.1 Å². The molecule has 4 aromatic rings. The summed E-state index contributed by atoms with van der Waals surface area (Å²) < 4.78 is 111. The van der Waals surface area contributed by atoms with Gasteiger partial charge in [-0.15, -0.1) is 0 Å². The number of fused-ring (bicyclic) bond motifs is 6. The summed E-state index contributed by atoms with van der Waals surface area (Å²) >= 11 is 22.4. The van der Waals surface area contributed by atoms with Gasteiger partial charge in [-0.1, -0.05) is 46.4 Å². The van der Waals surface area contributed by atoms with Crippen molar-refractivity contribution < 1.29 is 79.0 Å². The molecule has 8 atom stereocenters. The van der Waals surface area contributed by atoms with E-state index in [-0.39, 0.29) is 81.5 Å². The van der Waals surface area contributed by atoms with Crippen LogP contribution in [0.3, 0.4) is 0 Å². The maximum Gasteiger partial charge on any atom is 0.490 e. The number of aliphatic carboxylic acids is 1. The summed E-state index contributed by atoms with van der Waals surface area (Å²) in [5.41, 5.74) is 0. The first kappa shape index (κ1) is 59.4. The number of Topliss-reactive ketones (excluding diaryl/α,β-unsaturated/α-hetero) is 1. The number of carboxylic acid groups (broad SMARTS) is 1. The first-order chi connectivity index (χ1) is 35.6. The smallest absolute Gasteiger partial charge is 0.490 e. The van der Waals surface area contributed by atoms with E-state index >= 15 is 0 Å². The number of piperidine rings is 4. The SMILES string of the molecule is Fc1cc(OCC2CO2)ccc1Cl.O=C(COc1ccc(Cl)c(F)c1)CC1CC2CCC1CN2.O=C(COc1ccc(Cl)c(F)c1)NC1CC2CCC1CN2CC(O)COc1ccc(Cl)c(F)c1.O=C(O)C(F)(F)F. The van der Waals surface area contributed by atoms with Crippen molar-refractivity contribution in [3.63, 3.8) is 0 Å². The number of hydrogen-bond donors (Lipinski definition) is 4. The van der Waals surface area contributed by atoms with Crippen molar-refractivity contribution in [3.8, 4) is 23.0 Å². The minimum Gasteiger partial charge on any atom is -0.491 e. The Balaban J connectivity index is 0.000000188. The Morgan fingerprint density at radius 1 is 0.720 bits per heavy atom. The van der Waals surface area contributed by atoms with Crippen LogP contribution in [0.4, 0.5) is 30.7 Å². The van der Waals surface area contributed by atoms with E-state index in [1.165, 1.54) is 61.4 Å². The fourth-order valence-corrected chi connectivity index (χ4v) is 9.48.